The van der Waals surface area contributed by atoms with Gasteiger partial charge < -0.3 is 15.4 Å². The van der Waals surface area contributed by atoms with Crippen LogP contribution in [-0.2, 0) is 9.59 Å². The van der Waals surface area contributed by atoms with Crippen LogP contribution >= 0.6 is 15.9 Å². The Morgan fingerprint density at radius 2 is 1.59 bits per heavy atom. The van der Waals surface area contributed by atoms with E-state index in [4.69, 9.17) is 4.74 Å². The zero-order valence-corrected chi connectivity index (χ0v) is 22.6. The summed E-state index contributed by atoms with van der Waals surface area (Å²) in [4.78, 5) is 50.2. The molecule has 9 nitrogen and oxygen atoms in total. The van der Waals surface area contributed by atoms with E-state index in [2.05, 4.69) is 37.1 Å². The van der Waals surface area contributed by atoms with Gasteiger partial charge in [-0.2, -0.15) is 5.10 Å². The first-order chi connectivity index (χ1) is 18.9. The molecule has 1 aliphatic rings. The van der Waals surface area contributed by atoms with Crippen molar-refractivity contribution in [2.24, 2.45) is 5.10 Å². The van der Waals surface area contributed by atoms with Gasteiger partial charge >= 0.3 is 17.8 Å². The number of ether oxygens (including phenoxy) is 1. The summed E-state index contributed by atoms with van der Waals surface area (Å²) in [5, 5.41) is 9.33. The number of para-hydroxylation sites is 1. The Kier molecular flexibility index (Phi) is 9.58. The lowest BCUT2D eigenvalue weighted by atomic mass is 9.95. The smallest absolute Gasteiger partial charge is 0.343 e. The molecule has 1 fully saturated rings. The molecule has 3 aromatic carbocycles. The molecule has 0 radical (unpaired) electrons. The first-order valence-corrected chi connectivity index (χ1v) is 13.3. The number of hydrogen-bond donors (Lipinski definition) is 3. The van der Waals surface area contributed by atoms with Gasteiger partial charge in [0.05, 0.1) is 23.0 Å². The summed E-state index contributed by atoms with van der Waals surface area (Å²) >= 11 is 3.35. The van der Waals surface area contributed by atoms with Crippen molar-refractivity contribution in [1.82, 2.24) is 10.7 Å². The molecule has 0 unspecified atom stereocenters. The molecule has 0 atom stereocenters. The Morgan fingerprint density at radius 1 is 0.872 bits per heavy atom. The predicted octanol–water partition coefficient (Wildman–Crippen LogP) is 4.82. The van der Waals surface area contributed by atoms with Crippen molar-refractivity contribution in [2.45, 2.75) is 38.1 Å². The summed E-state index contributed by atoms with van der Waals surface area (Å²) in [6.07, 6.45) is 6.41. The number of amides is 3. The highest BCUT2D eigenvalue weighted by Gasteiger charge is 2.21. The van der Waals surface area contributed by atoms with Crippen LogP contribution in [0.4, 0.5) is 5.69 Å². The molecule has 39 heavy (non-hydrogen) atoms. The molecular weight excluding hydrogens is 564 g/mol. The van der Waals surface area contributed by atoms with Crippen LogP contribution in [0.1, 0.15) is 58.4 Å². The Morgan fingerprint density at radius 3 is 2.36 bits per heavy atom. The van der Waals surface area contributed by atoms with Gasteiger partial charge in [0.1, 0.15) is 5.75 Å². The van der Waals surface area contributed by atoms with Crippen molar-refractivity contribution < 1.29 is 23.9 Å². The molecule has 200 valence electrons. The number of hydrazone groups is 1. The van der Waals surface area contributed by atoms with Crippen LogP contribution in [0.5, 0.6) is 5.75 Å². The maximum atomic E-state index is 12.8. The molecule has 1 saturated carbocycles. The maximum Gasteiger partial charge on any atom is 0.343 e. The number of nitrogens with zero attached hydrogens (tertiary/aromatic N) is 1. The van der Waals surface area contributed by atoms with Crippen LogP contribution in [-0.4, -0.2) is 35.9 Å². The van der Waals surface area contributed by atoms with Crippen molar-refractivity contribution in [3.8, 4) is 5.75 Å². The van der Waals surface area contributed by atoms with E-state index >= 15 is 0 Å². The minimum atomic E-state index is -1.04. The third-order valence-electron chi connectivity index (χ3n) is 6.12. The van der Waals surface area contributed by atoms with Gasteiger partial charge in [0.2, 0.25) is 0 Å². The molecule has 1 aliphatic carbocycles. The molecule has 3 aromatic rings. The molecule has 4 rings (SSSR count). The number of esters is 1. The van der Waals surface area contributed by atoms with Gasteiger partial charge in [0.25, 0.3) is 5.91 Å². The fourth-order valence-corrected chi connectivity index (χ4v) is 4.52. The normalized spacial score (nSPS) is 13.5. The Labute approximate surface area is 234 Å². The number of benzene rings is 3. The third-order valence-corrected chi connectivity index (χ3v) is 6.61. The van der Waals surface area contributed by atoms with Gasteiger partial charge in [-0.15, -0.1) is 0 Å². The molecule has 3 amide bonds. The number of hydrogen-bond acceptors (Lipinski definition) is 6. The van der Waals surface area contributed by atoms with Crippen LogP contribution < -0.4 is 20.8 Å². The SMILES string of the molecule is O=C(N/N=C/c1cc(Br)ccc1OC(=O)c1ccccc1)C(=O)Nc1ccccc1C(=O)NC1CCCCC1. The Balaban J connectivity index is 1.38. The molecule has 0 aromatic heterocycles. The second-order valence-electron chi connectivity index (χ2n) is 8.94. The average Bonchev–Trinajstić information content (AvgIpc) is 2.95. The number of carbonyl (C=O) groups is 4. The number of halogens is 1. The maximum absolute atomic E-state index is 12.8. The molecule has 0 heterocycles. The van der Waals surface area contributed by atoms with E-state index in [1.807, 2.05) is 0 Å². The van der Waals surface area contributed by atoms with Crippen LogP contribution in [0.2, 0.25) is 0 Å². The summed E-state index contributed by atoms with van der Waals surface area (Å²) in [5.74, 6) is -2.67. The lowest BCUT2D eigenvalue weighted by molar-refractivity contribution is -0.136. The standard InChI is InChI=1S/C29H27BrN4O5/c30-21-15-16-25(39-29(38)19-9-3-1-4-10-19)20(17-21)18-31-34-28(37)27(36)33-24-14-8-7-13-23(24)26(35)32-22-11-5-2-6-12-22/h1,3-4,7-10,13-18,22H,2,5-6,11-12H2,(H,32,35)(H,33,36)(H,34,37)/b31-18+. The molecule has 0 spiro atoms. The number of anilines is 1. The van der Waals surface area contributed by atoms with E-state index in [0.29, 0.717) is 15.6 Å². The Hall–Kier alpha value is -4.31. The highest BCUT2D eigenvalue weighted by Crippen LogP contribution is 2.23. The van der Waals surface area contributed by atoms with Crippen LogP contribution in [0, 0.1) is 0 Å². The minimum Gasteiger partial charge on any atom is -0.422 e. The molecule has 0 bridgehead atoms. The van der Waals surface area contributed by atoms with Crippen molar-refractivity contribution in [3.05, 3.63) is 94.0 Å². The summed E-state index contributed by atoms with van der Waals surface area (Å²) in [6, 6.07) is 20.0. The van der Waals surface area contributed by atoms with E-state index in [1.165, 1.54) is 6.21 Å². The number of rotatable bonds is 7. The van der Waals surface area contributed by atoms with Gasteiger partial charge in [-0.1, -0.05) is 65.5 Å². The lowest BCUT2D eigenvalue weighted by Crippen LogP contribution is -2.37. The van der Waals surface area contributed by atoms with Gasteiger partial charge in [-0.05, 0) is 55.3 Å². The fraction of sp³-hybridized carbons (Fsp3) is 0.207. The fourth-order valence-electron chi connectivity index (χ4n) is 4.14. The second-order valence-corrected chi connectivity index (χ2v) is 9.86. The molecule has 0 aliphatic heterocycles. The number of carbonyl (C=O) groups excluding carboxylic acids is 4. The van der Waals surface area contributed by atoms with E-state index < -0.39 is 17.8 Å². The topological polar surface area (TPSA) is 126 Å². The van der Waals surface area contributed by atoms with Crippen molar-refractivity contribution in [3.63, 3.8) is 0 Å². The van der Waals surface area contributed by atoms with E-state index in [0.717, 1.165) is 32.1 Å². The largest absolute Gasteiger partial charge is 0.422 e. The van der Waals surface area contributed by atoms with Gasteiger partial charge in [0.15, 0.2) is 0 Å². The molecule has 10 heteroatoms. The van der Waals surface area contributed by atoms with Crippen molar-refractivity contribution >= 4 is 51.5 Å². The van der Waals surface area contributed by atoms with Gasteiger partial charge in [-0.3, -0.25) is 14.4 Å². The van der Waals surface area contributed by atoms with Crippen molar-refractivity contribution in [2.75, 3.05) is 5.32 Å². The summed E-state index contributed by atoms with van der Waals surface area (Å²) in [6.45, 7) is 0. The van der Waals surface area contributed by atoms with Gasteiger partial charge in [-0.25, -0.2) is 10.2 Å². The summed E-state index contributed by atoms with van der Waals surface area (Å²) < 4.78 is 6.17. The van der Waals surface area contributed by atoms with E-state index in [1.54, 1.807) is 72.8 Å². The van der Waals surface area contributed by atoms with E-state index in [9.17, 15) is 19.2 Å². The van der Waals surface area contributed by atoms with E-state index in [-0.39, 0.29) is 28.9 Å². The zero-order valence-electron chi connectivity index (χ0n) is 21.0. The lowest BCUT2D eigenvalue weighted by Gasteiger charge is -2.23. The first kappa shape index (κ1) is 27.7. The quantitative estimate of drug-likeness (QED) is 0.120. The Bertz CT molecular complexity index is 1390. The highest BCUT2D eigenvalue weighted by atomic mass is 79.9. The molecule has 0 saturated heterocycles. The average molecular weight is 591 g/mol. The highest BCUT2D eigenvalue weighted by molar-refractivity contribution is 9.10. The first-order valence-electron chi connectivity index (χ1n) is 12.5. The second kappa shape index (κ2) is 13.5. The predicted molar refractivity (Wildman–Crippen MR) is 151 cm³/mol. The van der Waals surface area contributed by atoms with Gasteiger partial charge in [0, 0.05) is 16.1 Å². The minimum absolute atomic E-state index is 0.0996. The van der Waals surface area contributed by atoms with Crippen LogP contribution in [0.25, 0.3) is 0 Å². The summed E-state index contributed by atoms with van der Waals surface area (Å²) in [5.41, 5.74) is 3.41. The summed E-state index contributed by atoms with van der Waals surface area (Å²) in [7, 11) is 0. The number of nitrogens with one attached hydrogen (secondary N) is 3. The third kappa shape index (κ3) is 7.84. The van der Waals surface area contributed by atoms with Crippen molar-refractivity contribution in [1.29, 1.82) is 0 Å². The van der Waals surface area contributed by atoms with Crippen LogP contribution in [0.3, 0.4) is 0 Å². The molecular formula is C29H27BrN4O5. The monoisotopic (exact) mass is 590 g/mol. The van der Waals surface area contributed by atoms with Crippen LogP contribution in [0.15, 0.2) is 82.4 Å². The zero-order chi connectivity index (χ0) is 27.6. The molecule has 3 N–H and O–H groups in total.